The van der Waals surface area contributed by atoms with Crippen molar-refractivity contribution in [1.29, 1.82) is 0 Å². The molecule has 0 spiro atoms. The molecule has 190 valence electrons. The number of benzene rings is 3. The monoisotopic (exact) mass is 486 g/mol. The Balaban J connectivity index is 1.71. The van der Waals surface area contributed by atoms with Crippen LogP contribution in [0.5, 0.6) is 5.75 Å². The Hall–Kier alpha value is -3.60. The molecule has 3 rings (SSSR count). The van der Waals surface area contributed by atoms with Crippen LogP contribution in [0.1, 0.15) is 70.0 Å². The average Bonchev–Trinajstić information content (AvgIpc) is 2.82. The van der Waals surface area contributed by atoms with Crippen molar-refractivity contribution in [3.8, 4) is 5.75 Å². The first-order valence-electron chi connectivity index (χ1n) is 12.4. The van der Waals surface area contributed by atoms with E-state index in [4.69, 9.17) is 4.74 Å². The van der Waals surface area contributed by atoms with Crippen LogP contribution in [0.3, 0.4) is 0 Å². The topological polar surface area (TPSA) is 58.6 Å². The SMILES string of the molecule is CCN(C(=O)c1cccc(NC(=O)COc2ccc(C(C)(C)C)cc2C(C)(C)C)c1)c1ccccc1. The van der Waals surface area contributed by atoms with Gasteiger partial charge in [0.1, 0.15) is 5.75 Å². The minimum atomic E-state index is -0.283. The summed E-state index contributed by atoms with van der Waals surface area (Å²) in [5.74, 6) is 0.301. The van der Waals surface area contributed by atoms with Crippen molar-refractivity contribution in [3.05, 3.63) is 89.5 Å². The molecule has 0 saturated heterocycles. The van der Waals surface area contributed by atoms with Crippen LogP contribution in [0.15, 0.2) is 72.8 Å². The number of amides is 2. The third kappa shape index (κ3) is 6.75. The predicted octanol–water partition coefficient (Wildman–Crippen LogP) is 6.97. The molecule has 5 nitrogen and oxygen atoms in total. The van der Waals surface area contributed by atoms with Gasteiger partial charge in [0.05, 0.1) is 0 Å². The first kappa shape index (κ1) is 27.0. The van der Waals surface area contributed by atoms with Gasteiger partial charge < -0.3 is 15.0 Å². The summed E-state index contributed by atoms with van der Waals surface area (Å²) in [5.41, 5.74) is 4.07. The number of para-hydroxylation sites is 1. The fourth-order valence-electron chi connectivity index (χ4n) is 3.99. The third-order valence-corrected chi connectivity index (χ3v) is 6.03. The molecule has 0 bridgehead atoms. The van der Waals surface area contributed by atoms with Crippen LogP contribution >= 0.6 is 0 Å². The summed E-state index contributed by atoms with van der Waals surface area (Å²) in [5, 5.41) is 2.86. The normalized spacial score (nSPS) is 11.6. The van der Waals surface area contributed by atoms with Gasteiger partial charge in [-0.3, -0.25) is 9.59 Å². The lowest BCUT2D eigenvalue weighted by Gasteiger charge is -2.27. The van der Waals surface area contributed by atoms with Crippen molar-refractivity contribution in [3.63, 3.8) is 0 Å². The number of ether oxygens (including phenoxy) is 1. The molecule has 0 heterocycles. The Bertz CT molecular complexity index is 1200. The summed E-state index contributed by atoms with van der Waals surface area (Å²) in [6, 6.07) is 22.7. The van der Waals surface area contributed by atoms with Crippen molar-refractivity contribution in [2.24, 2.45) is 0 Å². The number of nitrogens with one attached hydrogen (secondary N) is 1. The summed E-state index contributed by atoms with van der Waals surface area (Å²) in [6.45, 7) is 15.3. The molecule has 0 aliphatic heterocycles. The molecule has 0 unspecified atom stereocenters. The molecule has 2 amide bonds. The number of carbonyl (C=O) groups is 2. The maximum Gasteiger partial charge on any atom is 0.262 e. The van der Waals surface area contributed by atoms with Crippen molar-refractivity contribution in [2.75, 3.05) is 23.4 Å². The van der Waals surface area contributed by atoms with Gasteiger partial charge in [0, 0.05) is 23.5 Å². The number of anilines is 2. The van der Waals surface area contributed by atoms with E-state index in [1.54, 1.807) is 29.2 Å². The maximum absolute atomic E-state index is 13.1. The van der Waals surface area contributed by atoms with Gasteiger partial charge in [0.2, 0.25) is 0 Å². The van der Waals surface area contributed by atoms with E-state index in [0.29, 0.717) is 23.5 Å². The zero-order valence-electron chi connectivity index (χ0n) is 22.5. The Morgan fingerprint density at radius 1 is 0.833 bits per heavy atom. The summed E-state index contributed by atoms with van der Waals surface area (Å²) in [6.07, 6.45) is 0. The van der Waals surface area contributed by atoms with Crippen LogP contribution in [0.25, 0.3) is 0 Å². The molecule has 3 aromatic carbocycles. The molecule has 0 aromatic heterocycles. The van der Waals surface area contributed by atoms with E-state index in [2.05, 4.69) is 59.0 Å². The van der Waals surface area contributed by atoms with E-state index in [-0.39, 0.29) is 29.3 Å². The van der Waals surface area contributed by atoms with Gasteiger partial charge >= 0.3 is 0 Å². The fourth-order valence-corrected chi connectivity index (χ4v) is 3.99. The van der Waals surface area contributed by atoms with Gasteiger partial charge in [-0.25, -0.2) is 0 Å². The van der Waals surface area contributed by atoms with Crippen LogP contribution in [-0.4, -0.2) is 25.0 Å². The zero-order valence-corrected chi connectivity index (χ0v) is 22.5. The minimum absolute atomic E-state index is 0.0201. The van der Waals surface area contributed by atoms with Gasteiger partial charge in [0.15, 0.2) is 6.61 Å². The van der Waals surface area contributed by atoms with Crippen molar-refractivity contribution < 1.29 is 14.3 Å². The van der Waals surface area contributed by atoms with Crippen molar-refractivity contribution in [2.45, 2.75) is 59.3 Å². The van der Waals surface area contributed by atoms with Gasteiger partial charge in [-0.15, -0.1) is 0 Å². The summed E-state index contributed by atoms with van der Waals surface area (Å²) >= 11 is 0. The Kier molecular flexibility index (Phi) is 8.24. The minimum Gasteiger partial charge on any atom is -0.483 e. The number of nitrogens with zero attached hydrogens (tertiary/aromatic N) is 1. The highest BCUT2D eigenvalue weighted by Gasteiger charge is 2.23. The second-order valence-corrected chi connectivity index (χ2v) is 11.0. The quantitative estimate of drug-likeness (QED) is 0.392. The van der Waals surface area contributed by atoms with E-state index >= 15 is 0 Å². The van der Waals surface area contributed by atoms with Crippen LogP contribution in [0.4, 0.5) is 11.4 Å². The van der Waals surface area contributed by atoms with Crippen LogP contribution < -0.4 is 15.0 Å². The number of rotatable bonds is 7. The third-order valence-electron chi connectivity index (χ3n) is 6.03. The number of hydrogen-bond donors (Lipinski definition) is 1. The standard InChI is InChI=1S/C31H38N2O3/c1-8-33(25-15-10-9-11-16-25)29(35)22-13-12-14-24(19-22)32-28(34)21-36-27-18-17-23(30(2,3)4)20-26(27)31(5,6)7/h9-20H,8,21H2,1-7H3,(H,32,34). The molecule has 0 aliphatic rings. The Morgan fingerprint density at radius 2 is 1.53 bits per heavy atom. The highest BCUT2D eigenvalue weighted by molar-refractivity contribution is 6.07. The van der Waals surface area contributed by atoms with Crippen molar-refractivity contribution in [1.82, 2.24) is 0 Å². The highest BCUT2D eigenvalue weighted by atomic mass is 16.5. The van der Waals surface area contributed by atoms with E-state index in [9.17, 15) is 9.59 Å². The molecule has 0 aliphatic carbocycles. The molecule has 5 heteroatoms. The molecule has 1 N–H and O–H groups in total. The first-order valence-corrected chi connectivity index (χ1v) is 12.4. The van der Waals surface area contributed by atoms with Crippen LogP contribution in [0.2, 0.25) is 0 Å². The lowest BCUT2D eigenvalue weighted by atomic mass is 9.80. The number of carbonyl (C=O) groups excluding carboxylic acids is 2. The zero-order chi connectivity index (χ0) is 26.5. The van der Waals surface area contributed by atoms with E-state index < -0.39 is 0 Å². The van der Waals surface area contributed by atoms with Crippen LogP contribution in [-0.2, 0) is 15.6 Å². The Labute approximate surface area is 215 Å². The number of hydrogen-bond acceptors (Lipinski definition) is 3. The van der Waals surface area contributed by atoms with Crippen LogP contribution in [0, 0.1) is 0 Å². The molecule has 0 atom stereocenters. The van der Waals surface area contributed by atoms with Crippen molar-refractivity contribution >= 4 is 23.2 Å². The summed E-state index contributed by atoms with van der Waals surface area (Å²) in [7, 11) is 0. The predicted molar refractivity (Wildman–Crippen MR) is 148 cm³/mol. The van der Waals surface area contributed by atoms with E-state index in [0.717, 1.165) is 11.3 Å². The molecule has 0 fully saturated rings. The Morgan fingerprint density at radius 3 is 2.14 bits per heavy atom. The highest BCUT2D eigenvalue weighted by Crippen LogP contribution is 2.35. The first-order chi connectivity index (χ1) is 16.9. The second-order valence-electron chi connectivity index (χ2n) is 11.0. The van der Waals surface area contributed by atoms with E-state index in [1.807, 2.05) is 43.3 Å². The lowest BCUT2D eigenvalue weighted by Crippen LogP contribution is -2.30. The van der Waals surface area contributed by atoms with Gasteiger partial charge in [0.25, 0.3) is 11.8 Å². The largest absolute Gasteiger partial charge is 0.483 e. The molecular weight excluding hydrogens is 448 g/mol. The maximum atomic E-state index is 13.1. The second kappa shape index (κ2) is 11.0. The smallest absolute Gasteiger partial charge is 0.262 e. The molecular formula is C31H38N2O3. The fraction of sp³-hybridized carbons (Fsp3) is 0.355. The molecule has 0 radical (unpaired) electrons. The van der Waals surface area contributed by atoms with Gasteiger partial charge in [-0.05, 0) is 65.3 Å². The van der Waals surface area contributed by atoms with E-state index in [1.165, 1.54) is 5.56 Å². The molecule has 36 heavy (non-hydrogen) atoms. The average molecular weight is 487 g/mol. The summed E-state index contributed by atoms with van der Waals surface area (Å²) < 4.78 is 5.97. The lowest BCUT2D eigenvalue weighted by molar-refractivity contribution is -0.118. The molecule has 0 saturated carbocycles. The summed E-state index contributed by atoms with van der Waals surface area (Å²) in [4.78, 5) is 27.6. The molecule has 3 aromatic rings. The van der Waals surface area contributed by atoms with Gasteiger partial charge in [-0.1, -0.05) is 77.9 Å². The van der Waals surface area contributed by atoms with Gasteiger partial charge in [-0.2, -0.15) is 0 Å².